The zero-order valence-electron chi connectivity index (χ0n) is 25.3. The lowest BCUT2D eigenvalue weighted by Gasteiger charge is -2.21. The first-order valence-corrected chi connectivity index (χ1v) is 15.3. The molecule has 4 aromatic carbocycles. The van der Waals surface area contributed by atoms with Crippen molar-refractivity contribution in [3.63, 3.8) is 0 Å². The third-order valence-corrected chi connectivity index (χ3v) is 7.90. The Hall–Kier alpha value is -4.74. The van der Waals surface area contributed by atoms with E-state index in [1.807, 2.05) is 30.3 Å². The Kier molecular flexibility index (Phi) is 10.3. The number of ether oxygens (including phenoxy) is 1. The number of nitrogens with one attached hydrogen (secondary N) is 1. The molecule has 2 unspecified atom stereocenters. The van der Waals surface area contributed by atoms with Crippen LogP contribution in [0.2, 0.25) is 15.1 Å². The van der Waals surface area contributed by atoms with E-state index in [2.05, 4.69) is 15.3 Å². The number of carbonyl (C=O) groups excluding carboxylic acids is 3. The van der Waals surface area contributed by atoms with Gasteiger partial charge >= 0.3 is 6.09 Å². The first kappa shape index (κ1) is 33.6. The number of halogens is 3. The van der Waals surface area contributed by atoms with Crippen LogP contribution in [0.5, 0.6) is 0 Å². The molecule has 4 aromatic rings. The van der Waals surface area contributed by atoms with Crippen molar-refractivity contribution < 1.29 is 24.2 Å². The predicted octanol–water partition coefficient (Wildman–Crippen LogP) is 6.28. The molecule has 10 nitrogen and oxygen atoms in total. The molecule has 2 aliphatic heterocycles. The zero-order chi connectivity index (χ0) is 33.8. The van der Waals surface area contributed by atoms with Crippen LogP contribution in [0.15, 0.2) is 101 Å². The molecule has 240 valence electrons. The van der Waals surface area contributed by atoms with Crippen LogP contribution in [0, 0.1) is 0 Å². The molecule has 0 bridgehead atoms. The molecule has 0 saturated carbocycles. The lowest BCUT2D eigenvalue weighted by molar-refractivity contribution is -0.126. The summed E-state index contributed by atoms with van der Waals surface area (Å²) in [5, 5.41) is 14.0. The number of benzodiazepines with no additional fused rings is 2. The van der Waals surface area contributed by atoms with Crippen LogP contribution < -0.4 is 10.2 Å². The number of aliphatic hydroxyl groups excluding tert-OH is 1. The van der Waals surface area contributed by atoms with Gasteiger partial charge in [0.2, 0.25) is 6.23 Å². The molecule has 47 heavy (non-hydrogen) atoms. The molecule has 6 rings (SSSR count). The first-order chi connectivity index (χ1) is 22.4. The summed E-state index contributed by atoms with van der Waals surface area (Å²) in [6.45, 7) is 0. The molecule has 0 spiro atoms. The minimum absolute atomic E-state index is 0.420. The Morgan fingerprint density at radius 1 is 0.830 bits per heavy atom. The number of aliphatic imine (C=N–C) groups is 2. The van der Waals surface area contributed by atoms with Crippen LogP contribution in [0.1, 0.15) is 22.3 Å². The number of aliphatic hydroxyl groups is 1. The molecule has 2 aliphatic rings. The molecule has 2 heterocycles. The fraction of sp³-hybridized carbons (Fsp3) is 0.147. The summed E-state index contributed by atoms with van der Waals surface area (Å²) in [6.07, 6.45) is -3.42. The highest BCUT2D eigenvalue weighted by Gasteiger charge is 2.33. The number of rotatable bonds is 3. The topological polar surface area (TPSA) is 124 Å². The Bertz CT molecular complexity index is 1920. The van der Waals surface area contributed by atoms with Crippen molar-refractivity contribution in [3.05, 3.63) is 128 Å². The first-order valence-electron chi connectivity index (χ1n) is 14.1. The van der Waals surface area contributed by atoms with E-state index < -0.39 is 30.4 Å². The van der Waals surface area contributed by atoms with Gasteiger partial charge in [0.05, 0.1) is 22.8 Å². The fourth-order valence-corrected chi connectivity index (χ4v) is 5.33. The van der Waals surface area contributed by atoms with Gasteiger partial charge in [-0.15, -0.1) is 0 Å². The van der Waals surface area contributed by atoms with Gasteiger partial charge in [-0.1, -0.05) is 83.3 Å². The van der Waals surface area contributed by atoms with Gasteiger partial charge in [0.15, 0.2) is 0 Å². The van der Waals surface area contributed by atoms with Crippen LogP contribution in [0.3, 0.4) is 0 Å². The van der Waals surface area contributed by atoms with Gasteiger partial charge in [-0.3, -0.25) is 9.59 Å². The lowest BCUT2D eigenvalue weighted by atomic mass is 10.0. The molecule has 0 saturated heterocycles. The third kappa shape index (κ3) is 7.47. The second-order valence-corrected chi connectivity index (χ2v) is 11.8. The lowest BCUT2D eigenvalue weighted by Crippen LogP contribution is -2.39. The molecule has 0 fully saturated rings. The van der Waals surface area contributed by atoms with Gasteiger partial charge in [0.1, 0.15) is 0 Å². The smallest absolute Gasteiger partial charge is 0.411 e. The van der Waals surface area contributed by atoms with Gasteiger partial charge in [-0.25, -0.2) is 14.8 Å². The number of carbonyl (C=O) groups is 3. The van der Waals surface area contributed by atoms with Gasteiger partial charge in [0.25, 0.3) is 18.0 Å². The number of hydrogen-bond acceptors (Lipinski definition) is 7. The van der Waals surface area contributed by atoms with Crippen molar-refractivity contribution in [3.8, 4) is 0 Å². The Morgan fingerprint density at radius 3 is 2.15 bits per heavy atom. The van der Waals surface area contributed by atoms with Crippen molar-refractivity contribution in [2.75, 3.05) is 31.4 Å². The standard InChI is InChI=1S/C19H18ClN3O3.C15H10Cl2N2O2/c1-22(2)19(25)26-17-18(24)23(3)15-10-9-13(20)11-14(15)16(21-17)12-7-5-4-6-8-12;16-8-5-6-12-10(7-8)13(19-15(21)14(20)18-12)9-3-1-2-4-11(9)17/h4-11,17H,1-3H3;1-7,15,21H,(H,18,20). The van der Waals surface area contributed by atoms with Crippen LogP contribution in [-0.4, -0.2) is 72.9 Å². The summed E-state index contributed by atoms with van der Waals surface area (Å²) in [7, 11) is 4.71. The number of benzene rings is 4. The molecule has 3 amide bonds. The number of likely N-dealkylation sites (N-methyl/N-ethyl adjacent to an activating group) is 1. The molecule has 13 heteroatoms. The van der Waals surface area contributed by atoms with Crippen LogP contribution in [0.25, 0.3) is 0 Å². The highest BCUT2D eigenvalue weighted by Crippen LogP contribution is 2.31. The molecule has 0 radical (unpaired) electrons. The molecule has 0 aliphatic carbocycles. The van der Waals surface area contributed by atoms with Crippen molar-refractivity contribution in [2.24, 2.45) is 9.98 Å². The maximum absolute atomic E-state index is 12.8. The molecule has 0 aromatic heterocycles. The van der Waals surface area contributed by atoms with Crippen LogP contribution >= 0.6 is 34.8 Å². The normalized spacial score (nSPS) is 17.0. The van der Waals surface area contributed by atoms with Gasteiger partial charge in [-0.05, 0) is 42.5 Å². The number of nitrogens with zero attached hydrogens (tertiary/aromatic N) is 4. The van der Waals surface area contributed by atoms with E-state index in [9.17, 15) is 19.5 Å². The largest absolute Gasteiger partial charge is 0.414 e. The van der Waals surface area contributed by atoms with E-state index in [1.54, 1.807) is 81.8 Å². The second kappa shape index (κ2) is 14.4. The quantitative estimate of drug-likeness (QED) is 0.262. The number of anilines is 2. The van der Waals surface area contributed by atoms with Crippen molar-refractivity contribution in [2.45, 2.75) is 12.5 Å². The van der Waals surface area contributed by atoms with Crippen LogP contribution in [0.4, 0.5) is 16.2 Å². The summed E-state index contributed by atoms with van der Waals surface area (Å²) in [5.74, 6) is -1.03. The fourth-order valence-electron chi connectivity index (χ4n) is 4.76. The van der Waals surface area contributed by atoms with Gasteiger partial charge < -0.3 is 25.0 Å². The summed E-state index contributed by atoms with van der Waals surface area (Å²) in [5.41, 5.74) is 4.86. The van der Waals surface area contributed by atoms with Crippen molar-refractivity contribution in [1.82, 2.24) is 4.90 Å². The molecule has 2 N–H and O–H groups in total. The minimum Gasteiger partial charge on any atom is -0.414 e. The van der Waals surface area contributed by atoms with E-state index in [0.29, 0.717) is 54.6 Å². The highest BCUT2D eigenvalue weighted by molar-refractivity contribution is 6.37. The maximum atomic E-state index is 12.8. The summed E-state index contributed by atoms with van der Waals surface area (Å²) in [4.78, 5) is 47.8. The molecular weight excluding hydrogens is 665 g/mol. The maximum Gasteiger partial charge on any atom is 0.411 e. The SMILES string of the molecule is CN(C)C(=O)OC1N=C(c2ccccc2)c2cc(Cl)ccc2N(C)C1=O.O=C1Nc2ccc(Cl)cc2C(c2ccccc2Cl)=NC1O. The Balaban J connectivity index is 0.000000189. The monoisotopic (exact) mass is 691 g/mol. The highest BCUT2D eigenvalue weighted by atomic mass is 35.5. The third-order valence-electron chi connectivity index (χ3n) is 7.10. The summed E-state index contributed by atoms with van der Waals surface area (Å²) < 4.78 is 5.30. The predicted molar refractivity (Wildman–Crippen MR) is 184 cm³/mol. The molecular formula is C34H28Cl3N5O5. The van der Waals surface area contributed by atoms with E-state index in [0.717, 1.165) is 5.56 Å². The van der Waals surface area contributed by atoms with Crippen molar-refractivity contribution in [1.29, 1.82) is 0 Å². The van der Waals surface area contributed by atoms with E-state index in [1.165, 1.54) is 9.80 Å². The zero-order valence-corrected chi connectivity index (χ0v) is 27.6. The Morgan fingerprint density at radius 2 is 1.47 bits per heavy atom. The summed E-state index contributed by atoms with van der Waals surface area (Å²) in [6, 6.07) is 26.7. The van der Waals surface area contributed by atoms with E-state index in [4.69, 9.17) is 39.5 Å². The number of amides is 3. The summed E-state index contributed by atoms with van der Waals surface area (Å²) >= 11 is 18.4. The Labute approximate surface area is 285 Å². The number of hydrogen-bond donors (Lipinski definition) is 2. The number of fused-ring (bicyclic) bond motifs is 2. The van der Waals surface area contributed by atoms with Crippen molar-refractivity contribution >= 4 is 75.5 Å². The minimum atomic E-state index is -1.50. The van der Waals surface area contributed by atoms with E-state index in [-0.39, 0.29) is 0 Å². The molecule has 2 atom stereocenters. The average molecular weight is 693 g/mol. The van der Waals surface area contributed by atoms with Crippen LogP contribution in [-0.2, 0) is 14.3 Å². The van der Waals surface area contributed by atoms with Gasteiger partial charge in [0, 0.05) is 58.5 Å². The van der Waals surface area contributed by atoms with E-state index >= 15 is 0 Å². The average Bonchev–Trinajstić information content (AvgIpc) is 3.24. The van der Waals surface area contributed by atoms with Gasteiger partial charge in [-0.2, -0.15) is 0 Å². The second-order valence-electron chi connectivity index (χ2n) is 10.5.